The van der Waals surface area contributed by atoms with Gasteiger partial charge in [-0.25, -0.2) is 4.72 Å². The highest BCUT2D eigenvalue weighted by molar-refractivity contribution is 7.98. The molecule has 1 N–H and O–H groups in total. The molecule has 1 aliphatic heterocycles. The highest BCUT2D eigenvalue weighted by Crippen LogP contribution is 2.25. The van der Waals surface area contributed by atoms with Crippen LogP contribution in [0.4, 0.5) is 0 Å². The van der Waals surface area contributed by atoms with E-state index >= 15 is 0 Å². The Hall–Kier alpha value is -0.350. The van der Waals surface area contributed by atoms with Crippen molar-refractivity contribution < 1.29 is 9.59 Å². The molecule has 3 nitrogen and oxygen atoms in total. The van der Waals surface area contributed by atoms with Gasteiger partial charge in [0.15, 0.2) is 5.78 Å². The van der Waals surface area contributed by atoms with Crippen molar-refractivity contribution in [3.63, 3.8) is 0 Å². The molecule has 0 bridgehead atoms. The van der Waals surface area contributed by atoms with E-state index in [4.69, 9.17) is 0 Å². The fourth-order valence-corrected chi connectivity index (χ4v) is 2.92. The monoisotopic (exact) mass is 243 g/mol. The molecule has 0 aliphatic carbocycles. The quantitative estimate of drug-likeness (QED) is 0.308. The molecule has 0 aromatic rings. The van der Waals surface area contributed by atoms with Crippen LogP contribution in [0, 0.1) is 0 Å². The number of ketones is 1. The van der Waals surface area contributed by atoms with Crippen molar-refractivity contribution in [3.8, 4) is 0 Å². The molecule has 0 aromatic heterocycles. The summed E-state index contributed by atoms with van der Waals surface area (Å²) in [6, 6.07) is 0. The minimum atomic E-state index is -0.866. The average molecular weight is 243 g/mol. The van der Waals surface area contributed by atoms with Gasteiger partial charge in [-0.3, -0.25) is 4.79 Å². The van der Waals surface area contributed by atoms with Crippen LogP contribution in [-0.4, -0.2) is 23.4 Å². The lowest BCUT2D eigenvalue weighted by molar-refractivity contribution is -0.127. The third-order valence-corrected chi connectivity index (χ3v) is 4.00. The lowest BCUT2D eigenvalue weighted by Gasteiger charge is -2.19. The summed E-state index contributed by atoms with van der Waals surface area (Å²) in [7, 11) is 0. The molecule has 16 heavy (non-hydrogen) atoms. The van der Waals surface area contributed by atoms with Crippen molar-refractivity contribution >= 4 is 24.0 Å². The molecule has 1 heterocycles. The number of Topliss-reactive ketones (excluding diaryl/α,β-unsaturated/α-hetero) is 1. The summed E-state index contributed by atoms with van der Waals surface area (Å²) >= 11 is 1.35. The van der Waals surface area contributed by atoms with Crippen LogP contribution in [0.5, 0.6) is 0 Å². The number of carbonyl (C=O) groups excluding carboxylic acids is 2. The van der Waals surface area contributed by atoms with Gasteiger partial charge >= 0.3 is 0 Å². The second-order valence-corrected chi connectivity index (χ2v) is 5.20. The SMILES string of the molecule is CCCCCCCCC1(C=O)NSCC1=O. The zero-order valence-corrected chi connectivity index (χ0v) is 10.8. The number of nitrogens with one attached hydrogen (secondary N) is 1. The third-order valence-electron chi connectivity index (χ3n) is 3.08. The number of unbranched alkanes of at least 4 members (excludes halogenated alkanes) is 5. The second-order valence-electron chi connectivity index (χ2n) is 4.42. The Labute approximate surface area is 102 Å². The van der Waals surface area contributed by atoms with Gasteiger partial charge < -0.3 is 4.79 Å². The first-order chi connectivity index (χ1) is 7.75. The lowest BCUT2D eigenvalue weighted by Crippen LogP contribution is -2.45. The van der Waals surface area contributed by atoms with Crippen molar-refractivity contribution in [1.82, 2.24) is 4.72 Å². The van der Waals surface area contributed by atoms with E-state index in [0.29, 0.717) is 12.2 Å². The van der Waals surface area contributed by atoms with E-state index in [1.165, 1.54) is 37.6 Å². The summed E-state index contributed by atoms with van der Waals surface area (Å²) < 4.78 is 2.97. The van der Waals surface area contributed by atoms with Crippen LogP contribution in [0.3, 0.4) is 0 Å². The number of hydrogen-bond acceptors (Lipinski definition) is 4. The van der Waals surface area contributed by atoms with Crippen LogP contribution >= 0.6 is 11.9 Å². The number of hydrogen-bond donors (Lipinski definition) is 1. The molecular weight excluding hydrogens is 222 g/mol. The maximum atomic E-state index is 11.6. The fourth-order valence-electron chi connectivity index (χ4n) is 1.94. The van der Waals surface area contributed by atoms with Crippen LogP contribution in [0.1, 0.15) is 51.9 Å². The molecule has 4 heteroatoms. The van der Waals surface area contributed by atoms with Crippen LogP contribution in [-0.2, 0) is 9.59 Å². The van der Waals surface area contributed by atoms with Crippen molar-refractivity contribution in [1.29, 1.82) is 0 Å². The Bertz CT molecular complexity index is 245. The van der Waals surface area contributed by atoms with E-state index in [-0.39, 0.29) is 5.78 Å². The predicted octanol–water partition coefficient (Wildman–Crippen LogP) is 2.50. The summed E-state index contributed by atoms with van der Waals surface area (Å²) in [5, 5.41) is 0. The standard InChI is InChI=1S/C12H21NO2S/c1-2-3-4-5-6-7-8-12(10-14)11(15)9-16-13-12/h10,13H,2-9H2,1H3. The van der Waals surface area contributed by atoms with Crippen LogP contribution in [0.15, 0.2) is 0 Å². The van der Waals surface area contributed by atoms with Gasteiger partial charge in [-0.15, -0.1) is 0 Å². The number of carbonyl (C=O) groups is 2. The molecule has 1 saturated heterocycles. The van der Waals surface area contributed by atoms with E-state index in [2.05, 4.69) is 11.6 Å². The van der Waals surface area contributed by atoms with E-state index in [1.54, 1.807) is 0 Å². The van der Waals surface area contributed by atoms with E-state index in [9.17, 15) is 9.59 Å². The number of aldehydes is 1. The molecule has 92 valence electrons. The Morgan fingerprint density at radius 3 is 2.56 bits per heavy atom. The molecule has 0 aromatic carbocycles. The molecule has 0 amide bonds. The van der Waals surface area contributed by atoms with E-state index < -0.39 is 5.54 Å². The van der Waals surface area contributed by atoms with Gasteiger partial charge in [-0.05, 0) is 6.42 Å². The lowest BCUT2D eigenvalue weighted by atomic mass is 9.91. The summed E-state index contributed by atoms with van der Waals surface area (Å²) in [6.45, 7) is 2.19. The summed E-state index contributed by atoms with van der Waals surface area (Å²) in [5.41, 5.74) is -0.866. The van der Waals surface area contributed by atoms with Crippen molar-refractivity contribution in [2.24, 2.45) is 0 Å². The van der Waals surface area contributed by atoms with Crippen molar-refractivity contribution in [2.75, 3.05) is 5.75 Å². The Morgan fingerprint density at radius 2 is 2.00 bits per heavy atom. The zero-order chi connectivity index (χ0) is 11.9. The minimum absolute atomic E-state index is 0.0426. The molecular formula is C12H21NO2S. The second kappa shape index (κ2) is 7.07. The van der Waals surface area contributed by atoms with E-state index in [0.717, 1.165) is 19.1 Å². The van der Waals surface area contributed by atoms with E-state index in [1.807, 2.05) is 0 Å². The molecule has 0 spiro atoms. The highest BCUT2D eigenvalue weighted by atomic mass is 32.2. The number of rotatable bonds is 8. The molecule has 1 atom stereocenters. The summed E-state index contributed by atoms with van der Waals surface area (Å²) in [6.07, 6.45) is 8.54. The van der Waals surface area contributed by atoms with Gasteiger partial charge in [-0.1, -0.05) is 57.4 Å². The zero-order valence-electron chi connectivity index (χ0n) is 9.96. The first kappa shape index (κ1) is 13.7. The molecule has 1 rings (SSSR count). The highest BCUT2D eigenvalue weighted by Gasteiger charge is 2.41. The Morgan fingerprint density at radius 1 is 1.31 bits per heavy atom. The molecule has 1 unspecified atom stereocenters. The molecule has 0 radical (unpaired) electrons. The maximum Gasteiger partial charge on any atom is 0.172 e. The third kappa shape index (κ3) is 3.59. The summed E-state index contributed by atoms with van der Waals surface area (Å²) in [5.74, 6) is 0.468. The van der Waals surface area contributed by atoms with Crippen molar-refractivity contribution in [2.45, 2.75) is 57.4 Å². The van der Waals surface area contributed by atoms with Crippen LogP contribution in [0.2, 0.25) is 0 Å². The molecule has 1 fully saturated rings. The first-order valence-corrected chi connectivity index (χ1v) is 7.12. The van der Waals surface area contributed by atoms with Gasteiger partial charge in [0.1, 0.15) is 11.8 Å². The minimum Gasteiger partial charge on any atom is -0.301 e. The first-order valence-electron chi connectivity index (χ1n) is 6.14. The molecule has 1 aliphatic rings. The van der Waals surface area contributed by atoms with Gasteiger partial charge in [-0.2, -0.15) is 0 Å². The van der Waals surface area contributed by atoms with Gasteiger partial charge in [0.25, 0.3) is 0 Å². The van der Waals surface area contributed by atoms with Gasteiger partial charge in [0.2, 0.25) is 0 Å². The Balaban J connectivity index is 2.19. The largest absolute Gasteiger partial charge is 0.301 e. The fraction of sp³-hybridized carbons (Fsp3) is 0.833. The normalized spacial score (nSPS) is 24.9. The van der Waals surface area contributed by atoms with Crippen molar-refractivity contribution in [3.05, 3.63) is 0 Å². The average Bonchev–Trinajstić information content (AvgIpc) is 2.66. The smallest absolute Gasteiger partial charge is 0.172 e. The Kier molecular flexibility index (Phi) is 6.06. The topological polar surface area (TPSA) is 46.2 Å². The summed E-state index contributed by atoms with van der Waals surface area (Å²) in [4.78, 5) is 22.6. The van der Waals surface area contributed by atoms with Crippen LogP contribution in [0.25, 0.3) is 0 Å². The molecule has 0 saturated carbocycles. The predicted molar refractivity (Wildman–Crippen MR) is 67.4 cm³/mol. The van der Waals surface area contributed by atoms with Gasteiger partial charge in [0, 0.05) is 0 Å². The maximum absolute atomic E-state index is 11.6. The van der Waals surface area contributed by atoms with Crippen LogP contribution < -0.4 is 4.72 Å². The van der Waals surface area contributed by atoms with Gasteiger partial charge in [0.05, 0.1) is 5.75 Å².